The van der Waals surface area contributed by atoms with Crippen LogP contribution in [-0.2, 0) is 0 Å². The zero-order chi connectivity index (χ0) is 13.0. The molecule has 6 heteroatoms. The number of H-pyrrole nitrogens is 1. The van der Waals surface area contributed by atoms with E-state index in [2.05, 4.69) is 22.1 Å². The Morgan fingerprint density at radius 1 is 1.61 bits per heavy atom. The number of rotatable bonds is 4. The SMILES string of the molecule is CN1CCC(N(CCO)C(=O)c2cn[nH]c2)CC1. The third-order valence-corrected chi connectivity index (χ3v) is 3.48. The number of aliphatic hydroxyl groups is 1. The van der Waals surface area contributed by atoms with Gasteiger partial charge in [-0.2, -0.15) is 5.10 Å². The van der Waals surface area contributed by atoms with Crippen LogP contribution >= 0.6 is 0 Å². The first kappa shape index (κ1) is 13.0. The molecule has 2 rings (SSSR count). The number of aromatic nitrogens is 2. The van der Waals surface area contributed by atoms with Gasteiger partial charge in [0.05, 0.1) is 18.4 Å². The zero-order valence-electron chi connectivity index (χ0n) is 10.7. The maximum atomic E-state index is 12.3. The van der Waals surface area contributed by atoms with Crippen molar-refractivity contribution in [3.05, 3.63) is 18.0 Å². The van der Waals surface area contributed by atoms with Gasteiger partial charge < -0.3 is 14.9 Å². The lowest BCUT2D eigenvalue weighted by atomic mass is 10.0. The molecule has 0 unspecified atom stereocenters. The van der Waals surface area contributed by atoms with Gasteiger partial charge in [-0.15, -0.1) is 0 Å². The summed E-state index contributed by atoms with van der Waals surface area (Å²) < 4.78 is 0. The molecule has 0 saturated carbocycles. The van der Waals surface area contributed by atoms with Gasteiger partial charge in [0.15, 0.2) is 0 Å². The van der Waals surface area contributed by atoms with Crippen molar-refractivity contribution < 1.29 is 9.90 Å². The van der Waals surface area contributed by atoms with E-state index in [0.717, 1.165) is 25.9 Å². The molecule has 0 bridgehead atoms. The summed E-state index contributed by atoms with van der Waals surface area (Å²) in [6.45, 7) is 2.37. The standard InChI is InChI=1S/C12H20N4O2/c1-15-4-2-11(3-5-15)16(6-7-17)12(18)10-8-13-14-9-10/h8-9,11,17H,2-7H2,1H3,(H,13,14). The van der Waals surface area contributed by atoms with Crippen LogP contribution < -0.4 is 0 Å². The number of nitrogens with one attached hydrogen (secondary N) is 1. The average Bonchev–Trinajstić information content (AvgIpc) is 2.90. The summed E-state index contributed by atoms with van der Waals surface area (Å²) in [7, 11) is 2.09. The van der Waals surface area contributed by atoms with E-state index in [-0.39, 0.29) is 18.6 Å². The highest BCUT2D eigenvalue weighted by atomic mass is 16.3. The van der Waals surface area contributed by atoms with Crippen LogP contribution in [0.15, 0.2) is 12.4 Å². The van der Waals surface area contributed by atoms with Crippen LogP contribution in [0.2, 0.25) is 0 Å². The van der Waals surface area contributed by atoms with Crippen LogP contribution in [0, 0.1) is 0 Å². The van der Waals surface area contributed by atoms with Crippen LogP contribution in [0.4, 0.5) is 0 Å². The van der Waals surface area contributed by atoms with Gasteiger partial charge in [-0.05, 0) is 33.0 Å². The molecule has 0 aromatic carbocycles. The Labute approximate surface area is 107 Å². The highest BCUT2D eigenvalue weighted by Crippen LogP contribution is 2.17. The van der Waals surface area contributed by atoms with Gasteiger partial charge in [-0.3, -0.25) is 9.89 Å². The van der Waals surface area contributed by atoms with E-state index < -0.39 is 0 Å². The maximum absolute atomic E-state index is 12.3. The van der Waals surface area contributed by atoms with Crippen LogP contribution in [-0.4, -0.2) is 70.3 Å². The molecule has 18 heavy (non-hydrogen) atoms. The fourth-order valence-corrected chi connectivity index (χ4v) is 2.40. The Hall–Kier alpha value is -1.40. The van der Waals surface area contributed by atoms with Crippen LogP contribution in [0.1, 0.15) is 23.2 Å². The smallest absolute Gasteiger partial charge is 0.257 e. The first-order valence-electron chi connectivity index (χ1n) is 6.31. The first-order chi connectivity index (χ1) is 8.72. The molecule has 1 aromatic rings. The van der Waals surface area contributed by atoms with Gasteiger partial charge in [0, 0.05) is 18.8 Å². The summed E-state index contributed by atoms with van der Waals surface area (Å²) in [5.74, 6) is -0.0487. The van der Waals surface area contributed by atoms with Gasteiger partial charge in [-0.1, -0.05) is 0 Å². The minimum atomic E-state index is -0.0487. The molecular formula is C12H20N4O2. The number of carbonyl (C=O) groups is 1. The Morgan fingerprint density at radius 2 is 2.33 bits per heavy atom. The van der Waals surface area contributed by atoms with Crippen molar-refractivity contribution in [2.45, 2.75) is 18.9 Å². The normalized spacial score (nSPS) is 17.9. The van der Waals surface area contributed by atoms with Crippen LogP contribution in [0.25, 0.3) is 0 Å². The summed E-state index contributed by atoms with van der Waals surface area (Å²) in [4.78, 5) is 16.4. The second-order valence-corrected chi connectivity index (χ2v) is 4.74. The van der Waals surface area contributed by atoms with Crippen molar-refractivity contribution in [2.75, 3.05) is 33.3 Å². The van der Waals surface area contributed by atoms with E-state index in [9.17, 15) is 4.79 Å². The molecule has 1 aliphatic rings. The first-order valence-corrected chi connectivity index (χ1v) is 6.31. The Morgan fingerprint density at radius 3 is 2.89 bits per heavy atom. The number of carbonyl (C=O) groups excluding carboxylic acids is 1. The van der Waals surface area contributed by atoms with Crippen molar-refractivity contribution in [2.24, 2.45) is 0 Å². The fourth-order valence-electron chi connectivity index (χ4n) is 2.40. The number of aromatic amines is 1. The lowest BCUT2D eigenvalue weighted by Crippen LogP contribution is -2.47. The van der Waals surface area contributed by atoms with E-state index in [0.29, 0.717) is 12.1 Å². The lowest BCUT2D eigenvalue weighted by molar-refractivity contribution is 0.0540. The summed E-state index contributed by atoms with van der Waals surface area (Å²) in [6, 6.07) is 0.218. The lowest BCUT2D eigenvalue weighted by Gasteiger charge is -2.36. The summed E-state index contributed by atoms with van der Waals surface area (Å²) >= 11 is 0. The van der Waals surface area contributed by atoms with Gasteiger partial charge >= 0.3 is 0 Å². The highest BCUT2D eigenvalue weighted by molar-refractivity contribution is 5.93. The maximum Gasteiger partial charge on any atom is 0.257 e. The van der Waals surface area contributed by atoms with Crippen LogP contribution in [0.5, 0.6) is 0 Å². The van der Waals surface area contributed by atoms with Crippen molar-refractivity contribution in [1.82, 2.24) is 20.0 Å². The molecule has 0 spiro atoms. The Balaban J connectivity index is 2.05. The summed E-state index contributed by atoms with van der Waals surface area (Å²) in [5, 5.41) is 15.6. The minimum absolute atomic E-state index is 0.00404. The predicted molar refractivity (Wildman–Crippen MR) is 67.2 cm³/mol. The molecule has 0 aliphatic carbocycles. The van der Waals surface area contributed by atoms with Gasteiger partial charge in [0.25, 0.3) is 5.91 Å². The molecule has 1 aliphatic heterocycles. The quantitative estimate of drug-likeness (QED) is 0.787. The minimum Gasteiger partial charge on any atom is -0.395 e. The number of aliphatic hydroxyl groups excluding tert-OH is 1. The number of likely N-dealkylation sites (tertiary alicyclic amines) is 1. The molecule has 1 aromatic heterocycles. The van der Waals surface area contributed by atoms with Crippen molar-refractivity contribution >= 4 is 5.91 Å². The molecule has 6 nitrogen and oxygen atoms in total. The van der Waals surface area contributed by atoms with Crippen molar-refractivity contribution in [3.8, 4) is 0 Å². The van der Waals surface area contributed by atoms with E-state index >= 15 is 0 Å². The number of hydrogen-bond donors (Lipinski definition) is 2. The molecule has 1 saturated heterocycles. The molecule has 2 N–H and O–H groups in total. The zero-order valence-corrected chi connectivity index (χ0v) is 10.7. The largest absolute Gasteiger partial charge is 0.395 e. The summed E-state index contributed by atoms with van der Waals surface area (Å²) in [6.07, 6.45) is 5.05. The number of amides is 1. The number of nitrogens with zero attached hydrogens (tertiary/aromatic N) is 3. The Bertz CT molecular complexity index is 371. The third-order valence-electron chi connectivity index (χ3n) is 3.48. The molecule has 2 heterocycles. The van der Waals surface area contributed by atoms with Gasteiger partial charge in [0.2, 0.25) is 0 Å². The third kappa shape index (κ3) is 2.88. The molecule has 1 amide bonds. The molecule has 1 fully saturated rings. The van der Waals surface area contributed by atoms with E-state index in [1.165, 1.54) is 6.20 Å². The second kappa shape index (κ2) is 5.97. The van der Waals surface area contributed by atoms with E-state index in [1.807, 2.05) is 0 Å². The highest BCUT2D eigenvalue weighted by Gasteiger charge is 2.27. The van der Waals surface area contributed by atoms with Gasteiger partial charge in [-0.25, -0.2) is 0 Å². The topological polar surface area (TPSA) is 72.5 Å². The van der Waals surface area contributed by atoms with Crippen molar-refractivity contribution in [1.29, 1.82) is 0 Å². The van der Waals surface area contributed by atoms with Crippen molar-refractivity contribution in [3.63, 3.8) is 0 Å². The molecule has 0 atom stereocenters. The Kier molecular flexibility index (Phi) is 4.33. The molecular weight excluding hydrogens is 232 g/mol. The number of hydrogen-bond acceptors (Lipinski definition) is 4. The van der Waals surface area contributed by atoms with E-state index in [4.69, 9.17) is 5.11 Å². The van der Waals surface area contributed by atoms with E-state index in [1.54, 1.807) is 11.1 Å². The predicted octanol–water partition coefficient (Wildman–Crippen LogP) is -0.0616. The molecule has 0 radical (unpaired) electrons. The average molecular weight is 252 g/mol. The molecule has 100 valence electrons. The van der Waals surface area contributed by atoms with Gasteiger partial charge in [0.1, 0.15) is 0 Å². The monoisotopic (exact) mass is 252 g/mol. The second-order valence-electron chi connectivity index (χ2n) is 4.74. The summed E-state index contributed by atoms with van der Waals surface area (Å²) in [5.41, 5.74) is 0.558. The fraction of sp³-hybridized carbons (Fsp3) is 0.667. The van der Waals surface area contributed by atoms with Crippen LogP contribution in [0.3, 0.4) is 0 Å². The number of piperidine rings is 1.